The van der Waals surface area contributed by atoms with E-state index in [-0.39, 0.29) is 17.9 Å². The molecule has 138 valence electrons. The quantitative estimate of drug-likeness (QED) is 0.826. The van der Waals surface area contributed by atoms with Gasteiger partial charge in [-0.25, -0.2) is 0 Å². The molecule has 1 saturated carbocycles. The highest BCUT2D eigenvalue weighted by Crippen LogP contribution is 2.41. The predicted molar refractivity (Wildman–Crippen MR) is 99.6 cm³/mol. The molecule has 2 N–H and O–H groups in total. The van der Waals surface area contributed by atoms with Crippen molar-refractivity contribution in [2.75, 3.05) is 5.32 Å². The summed E-state index contributed by atoms with van der Waals surface area (Å²) < 4.78 is 1.96. The molecule has 1 fully saturated rings. The lowest BCUT2D eigenvalue weighted by molar-refractivity contribution is -0.136. The molecule has 0 atom stereocenters. The van der Waals surface area contributed by atoms with E-state index in [1.165, 1.54) is 0 Å². The van der Waals surface area contributed by atoms with Crippen LogP contribution < -0.4 is 5.32 Å². The van der Waals surface area contributed by atoms with E-state index in [2.05, 4.69) is 31.2 Å². The second-order valence-electron chi connectivity index (χ2n) is 7.86. The molecule has 0 radical (unpaired) electrons. The molecule has 1 heterocycles. The lowest BCUT2D eigenvalue weighted by Crippen LogP contribution is -2.25. The topological polar surface area (TPSA) is 84.2 Å². The van der Waals surface area contributed by atoms with Crippen LogP contribution in [0.4, 0.5) is 5.69 Å². The number of hydrogen-bond acceptors (Lipinski definition) is 3. The van der Waals surface area contributed by atoms with Crippen molar-refractivity contribution in [2.24, 2.45) is 0 Å². The maximum atomic E-state index is 12.6. The van der Waals surface area contributed by atoms with Crippen LogP contribution in [0, 0.1) is 0 Å². The number of carboxylic acids is 1. The zero-order valence-corrected chi connectivity index (χ0v) is 15.5. The van der Waals surface area contributed by atoms with Gasteiger partial charge in [0.1, 0.15) is 0 Å². The molecule has 6 heteroatoms. The lowest BCUT2D eigenvalue weighted by Gasteiger charge is -2.22. The highest BCUT2D eigenvalue weighted by atomic mass is 16.4. The van der Waals surface area contributed by atoms with Gasteiger partial charge in [0.15, 0.2) is 5.69 Å². The Balaban J connectivity index is 1.76. The Morgan fingerprint density at radius 3 is 2.62 bits per heavy atom. The van der Waals surface area contributed by atoms with Gasteiger partial charge in [-0.2, -0.15) is 5.10 Å². The summed E-state index contributed by atoms with van der Waals surface area (Å²) in [6.45, 7) is 6.25. The normalized spacial score (nSPS) is 14.3. The first-order valence-corrected chi connectivity index (χ1v) is 8.96. The van der Waals surface area contributed by atoms with Crippen LogP contribution in [-0.4, -0.2) is 26.8 Å². The van der Waals surface area contributed by atoms with Crippen LogP contribution in [0.2, 0.25) is 0 Å². The Bertz CT molecular complexity index is 829. The van der Waals surface area contributed by atoms with Crippen molar-refractivity contribution < 1.29 is 14.7 Å². The predicted octanol–water partition coefficient (Wildman–Crippen LogP) is 3.79. The third-order valence-electron chi connectivity index (χ3n) is 4.41. The zero-order chi connectivity index (χ0) is 18.9. The summed E-state index contributed by atoms with van der Waals surface area (Å²) in [5, 5.41) is 16.2. The van der Waals surface area contributed by atoms with Crippen LogP contribution in [0.5, 0.6) is 0 Å². The number of hydrogen-bond donors (Lipinski definition) is 2. The first-order chi connectivity index (χ1) is 12.2. The highest BCUT2D eigenvalue weighted by molar-refractivity contribution is 6.03. The molecule has 3 rings (SSSR count). The van der Waals surface area contributed by atoms with Crippen molar-refractivity contribution in [1.29, 1.82) is 0 Å². The molecule has 26 heavy (non-hydrogen) atoms. The van der Waals surface area contributed by atoms with Crippen LogP contribution in [0.1, 0.15) is 67.7 Å². The summed E-state index contributed by atoms with van der Waals surface area (Å²) in [5.41, 5.74) is 2.89. The smallest absolute Gasteiger partial charge is 0.303 e. The largest absolute Gasteiger partial charge is 0.481 e. The maximum absolute atomic E-state index is 12.6. The summed E-state index contributed by atoms with van der Waals surface area (Å²) in [5.74, 6) is -0.576. The molecule has 0 unspecified atom stereocenters. The molecule has 6 nitrogen and oxygen atoms in total. The van der Waals surface area contributed by atoms with Crippen molar-refractivity contribution in [3.8, 4) is 0 Å². The van der Waals surface area contributed by atoms with Crippen molar-refractivity contribution in [2.45, 2.75) is 57.9 Å². The number of aliphatic carboxylic acids is 1. The van der Waals surface area contributed by atoms with E-state index in [0.29, 0.717) is 23.7 Å². The minimum absolute atomic E-state index is 0.0676. The number of benzene rings is 1. The number of nitrogens with one attached hydrogen (secondary N) is 1. The number of carbonyl (C=O) groups excluding carboxylic acids is 1. The molecular formula is C20H25N3O3. The van der Waals surface area contributed by atoms with Gasteiger partial charge in [0, 0.05) is 23.7 Å². The number of anilines is 1. The van der Waals surface area contributed by atoms with Crippen molar-refractivity contribution in [3.05, 3.63) is 47.3 Å². The molecule has 0 saturated heterocycles. The number of rotatable bonds is 6. The third-order valence-corrected chi connectivity index (χ3v) is 4.41. The number of amides is 1. The summed E-state index contributed by atoms with van der Waals surface area (Å²) in [6.07, 6.45) is 2.80. The standard InChI is InChI=1S/C20H25N3O3/c1-20(2,3)23-17(14-8-9-14)12-16(22-23)19(26)21-15-6-4-5-13(11-15)7-10-18(24)25/h4-6,11-12,14H,7-10H2,1-3H3,(H,21,26)(H,24,25). The van der Waals surface area contributed by atoms with Crippen LogP contribution >= 0.6 is 0 Å². The molecule has 1 amide bonds. The highest BCUT2D eigenvalue weighted by Gasteiger charge is 2.32. The Morgan fingerprint density at radius 1 is 1.27 bits per heavy atom. The van der Waals surface area contributed by atoms with E-state index < -0.39 is 5.97 Å². The number of nitrogens with zero attached hydrogens (tertiary/aromatic N) is 2. The molecule has 1 aromatic heterocycles. The summed E-state index contributed by atoms with van der Waals surface area (Å²) in [4.78, 5) is 23.4. The fraction of sp³-hybridized carbons (Fsp3) is 0.450. The number of aromatic nitrogens is 2. The average molecular weight is 355 g/mol. The Hall–Kier alpha value is -2.63. The minimum Gasteiger partial charge on any atom is -0.481 e. The summed E-state index contributed by atoms with van der Waals surface area (Å²) >= 11 is 0. The average Bonchev–Trinajstić information content (AvgIpc) is 3.30. The molecule has 1 aliphatic carbocycles. The number of carbonyl (C=O) groups is 2. The van der Waals surface area contributed by atoms with Crippen LogP contribution in [0.25, 0.3) is 0 Å². The van der Waals surface area contributed by atoms with E-state index >= 15 is 0 Å². The SMILES string of the molecule is CC(C)(C)n1nc(C(=O)Nc2cccc(CCC(=O)O)c2)cc1C1CC1. The van der Waals surface area contributed by atoms with E-state index in [1.807, 2.05) is 28.9 Å². The van der Waals surface area contributed by atoms with Gasteiger partial charge in [-0.3, -0.25) is 14.3 Å². The van der Waals surface area contributed by atoms with E-state index in [1.54, 1.807) is 6.07 Å². The molecule has 0 spiro atoms. The van der Waals surface area contributed by atoms with Gasteiger partial charge >= 0.3 is 5.97 Å². The number of aryl methyl sites for hydroxylation is 1. The van der Waals surface area contributed by atoms with Crippen LogP contribution in [-0.2, 0) is 16.8 Å². The van der Waals surface area contributed by atoms with E-state index in [0.717, 1.165) is 24.1 Å². The van der Waals surface area contributed by atoms with Crippen molar-refractivity contribution in [3.63, 3.8) is 0 Å². The van der Waals surface area contributed by atoms with Crippen LogP contribution in [0.3, 0.4) is 0 Å². The zero-order valence-electron chi connectivity index (χ0n) is 15.5. The third kappa shape index (κ3) is 4.31. The van der Waals surface area contributed by atoms with Crippen molar-refractivity contribution >= 4 is 17.6 Å². The minimum atomic E-state index is -0.834. The number of carboxylic acid groups (broad SMARTS) is 1. The Morgan fingerprint density at radius 2 is 2.00 bits per heavy atom. The van der Waals surface area contributed by atoms with E-state index in [9.17, 15) is 9.59 Å². The monoisotopic (exact) mass is 355 g/mol. The summed E-state index contributed by atoms with van der Waals surface area (Å²) in [7, 11) is 0. The second kappa shape index (κ2) is 6.94. The van der Waals surface area contributed by atoms with Gasteiger partial charge in [-0.05, 0) is 63.8 Å². The second-order valence-corrected chi connectivity index (χ2v) is 7.86. The van der Waals surface area contributed by atoms with Gasteiger partial charge in [0.2, 0.25) is 0 Å². The van der Waals surface area contributed by atoms with Gasteiger partial charge in [0.05, 0.1) is 5.54 Å². The lowest BCUT2D eigenvalue weighted by atomic mass is 10.1. The van der Waals surface area contributed by atoms with Gasteiger partial charge in [-0.15, -0.1) is 0 Å². The van der Waals surface area contributed by atoms with Gasteiger partial charge < -0.3 is 10.4 Å². The fourth-order valence-corrected chi connectivity index (χ4v) is 2.96. The van der Waals surface area contributed by atoms with Crippen LogP contribution in [0.15, 0.2) is 30.3 Å². The van der Waals surface area contributed by atoms with Gasteiger partial charge in [-0.1, -0.05) is 12.1 Å². The summed E-state index contributed by atoms with van der Waals surface area (Å²) in [6, 6.07) is 9.18. The molecule has 2 aromatic rings. The Labute approximate surface area is 153 Å². The Kier molecular flexibility index (Phi) is 4.85. The molecular weight excluding hydrogens is 330 g/mol. The van der Waals surface area contributed by atoms with E-state index in [4.69, 9.17) is 5.11 Å². The molecule has 0 aliphatic heterocycles. The molecule has 1 aromatic carbocycles. The first kappa shape index (κ1) is 18.2. The molecule has 1 aliphatic rings. The fourth-order valence-electron chi connectivity index (χ4n) is 2.96. The van der Waals surface area contributed by atoms with Crippen molar-refractivity contribution in [1.82, 2.24) is 9.78 Å². The first-order valence-electron chi connectivity index (χ1n) is 8.96. The molecule has 0 bridgehead atoms. The maximum Gasteiger partial charge on any atom is 0.303 e. The van der Waals surface area contributed by atoms with Gasteiger partial charge in [0.25, 0.3) is 5.91 Å².